The van der Waals surface area contributed by atoms with Crippen LogP contribution in [0.4, 0.5) is 4.79 Å². The number of imide groups is 1. The van der Waals surface area contributed by atoms with Gasteiger partial charge in [0.05, 0.1) is 0 Å². The van der Waals surface area contributed by atoms with E-state index in [1.807, 2.05) is 0 Å². The van der Waals surface area contributed by atoms with Gasteiger partial charge in [-0.15, -0.1) is 0 Å². The number of hydrogen-bond acceptors (Lipinski definition) is 3. The lowest BCUT2D eigenvalue weighted by Crippen LogP contribution is -2.44. The van der Waals surface area contributed by atoms with Crippen molar-refractivity contribution in [2.24, 2.45) is 0 Å². The Morgan fingerprint density at radius 1 is 1.29 bits per heavy atom. The van der Waals surface area contributed by atoms with E-state index in [9.17, 15) is 9.59 Å². The minimum absolute atomic E-state index is 0.00223. The summed E-state index contributed by atoms with van der Waals surface area (Å²) in [6, 6.07) is 0.422. The van der Waals surface area contributed by atoms with Gasteiger partial charge < -0.3 is 10.6 Å². The first-order valence-corrected chi connectivity index (χ1v) is 6.59. The molecule has 0 bridgehead atoms. The fourth-order valence-electron chi connectivity index (χ4n) is 2.86. The molecule has 3 fully saturated rings. The number of rotatable bonds is 4. The molecule has 2 aliphatic carbocycles. The molecule has 0 aromatic rings. The maximum Gasteiger partial charge on any atom is 0.325 e. The molecular formula is C12H19N3O2. The summed E-state index contributed by atoms with van der Waals surface area (Å²) in [5.74, 6) is -0.00223. The number of nitrogens with one attached hydrogen (secondary N) is 2. The molecule has 5 nitrogen and oxygen atoms in total. The molecule has 2 saturated carbocycles. The van der Waals surface area contributed by atoms with Crippen LogP contribution in [-0.2, 0) is 4.79 Å². The SMILES string of the molecule is O=C1NC2(CCCC2)C(=O)N1CCNC1CC1. The topological polar surface area (TPSA) is 61.4 Å². The molecule has 17 heavy (non-hydrogen) atoms. The number of amides is 3. The highest BCUT2D eigenvalue weighted by Crippen LogP contribution is 2.34. The second-order valence-corrected chi connectivity index (χ2v) is 5.40. The maximum atomic E-state index is 12.2. The smallest absolute Gasteiger partial charge is 0.323 e. The van der Waals surface area contributed by atoms with E-state index in [2.05, 4.69) is 10.6 Å². The Labute approximate surface area is 101 Å². The molecule has 3 aliphatic rings. The summed E-state index contributed by atoms with van der Waals surface area (Å²) < 4.78 is 0. The molecule has 0 aromatic carbocycles. The number of carbonyl (C=O) groups is 2. The average molecular weight is 237 g/mol. The van der Waals surface area contributed by atoms with Crippen molar-refractivity contribution in [1.82, 2.24) is 15.5 Å². The van der Waals surface area contributed by atoms with E-state index in [1.165, 1.54) is 17.7 Å². The Morgan fingerprint density at radius 3 is 2.65 bits per heavy atom. The summed E-state index contributed by atoms with van der Waals surface area (Å²) in [7, 11) is 0. The van der Waals surface area contributed by atoms with Crippen LogP contribution in [0.2, 0.25) is 0 Å². The summed E-state index contributed by atoms with van der Waals surface area (Å²) in [4.78, 5) is 25.4. The quantitative estimate of drug-likeness (QED) is 0.704. The molecule has 94 valence electrons. The third-order valence-electron chi connectivity index (χ3n) is 4.05. The molecule has 5 heteroatoms. The van der Waals surface area contributed by atoms with Crippen molar-refractivity contribution in [2.75, 3.05) is 13.1 Å². The molecule has 1 aliphatic heterocycles. The number of nitrogens with zero attached hydrogens (tertiary/aromatic N) is 1. The molecule has 0 aromatic heterocycles. The van der Waals surface area contributed by atoms with Crippen LogP contribution in [-0.4, -0.2) is 41.5 Å². The first kappa shape index (κ1) is 11.0. The maximum absolute atomic E-state index is 12.2. The van der Waals surface area contributed by atoms with E-state index in [0.29, 0.717) is 12.6 Å². The van der Waals surface area contributed by atoms with Crippen LogP contribution in [0.15, 0.2) is 0 Å². The van der Waals surface area contributed by atoms with Gasteiger partial charge in [-0.3, -0.25) is 9.69 Å². The van der Waals surface area contributed by atoms with Gasteiger partial charge in [0.25, 0.3) is 5.91 Å². The minimum atomic E-state index is -0.545. The lowest BCUT2D eigenvalue weighted by atomic mass is 9.98. The monoisotopic (exact) mass is 237 g/mol. The van der Waals surface area contributed by atoms with Crippen molar-refractivity contribution in [1.29, 1.82) is 0 Å². The van der Waals surface area contributed by atoms with Crippen molar-refractivity contribution in [3.63, 3.8) is 0 Å². The number of hydrogen-bond donors (Lipinski definition) is 2. The van der Waals surface area contributed by atoms with Crippen molar-refractivity contribution >= 4 is 11.9 Å². The first-order valence-electron chi connectivity index (χ1n) is 6.59. The molecule has 1 saturated heterocycles. The predicted molar refractivity (Wildman–Crippen MR) is 62.5 cm³/mol. The molecule has 3 rings (SSSR count). The van der Waals surface area contributed by atoms with Gasteiger partial charge in [0.1, 0.15) is 5.54 Å². The van der Waals surface area contributed by atoms with Gasteiger partial charge in [-0.1, -0.05) is 12.8 Å². The Morgan fingerprint density at radius 2 is 2.00 bits per heavy atom. The zero-order valence-corrected chi connectivity index (χ0v) is 10.00. The lowest BCUT2D eigenvalue weighted by molar-refractivity contribution is -0.131. The summed E-state index contributed by atoms with van der Waals surface area (Å²) in [6.07, 6.45) is 6.16. The number of carbonyl (C=O) groups excluding carboxylic acids is 2. The highest BCUT2D eigenvalue weighted by molar-refractivity contribution is 6.07. The fourth-order valence-corrected chi connectivity index (χ4v) is 2.86. The van der Waals surface area contributed by atoms with E-state index in [1.54, 1.807) is 0 Å². The van der Waals surface area contributed by atoms with Gasteiger partial charge in [-0.05, 0) is 25.7 Å². The standard InChI is InChI=1S/C12H19N3O2/c16-10-12(5-1-2-6-12)14-11(17)15(10)8-7-13-9-3-4-9/h9,13H,1-8H2,(H,14,17). The molecule has 0 atom stereocenters. The van der Waals surface area contributed by atoms with Crippen LogP contribution < -0.4 is 10.6 Å². The molecular weight excluding hydrogens is 218 g/mol. The lowest BCUT2D eigenvalue weighted by Gasteiger charge is -2.20. The normalized spacial score (nSPS) is 26.9. The molecule has 2 N–H and O–H groups in total. The first-order chi connectivity index (χ1) is 8.21. The highest BCUT2D eigenvalue weighted by Gasteiger charge is 2.52. The van der Waals surface area contributed by atoms with Gasteiger partial charge in [0.2, 0.25) is 0 Å². The van der Waals surface area contributed by atoms with E-state index in [-0.39, 0.29) is 11.9 Å². The van der Waals surface area contributed by atoms with Gasteiger partial charge in [-0.2, -0.15) is 0 Å². The van der Waals surface area contributed by atoms with E-state index in [4.69, 9.17) is 0 Å². The van der Waals surface area contributed by atoms with Crippen LogP contribution in [0.25, 0.3) is 0 Å². The van der Waals surface area contributed by atoms with Crippen molar-refractivity contribution in [3.8, 4) is 0 Å². The molecule has 1 heterocycles. The van der Waals surface area contributed by atoms with Crippen LogP contribution in [0.5, 0.6) is 0 Å². The Kier molecular flexibility index (Phi) is 2.58. The fraction of sp³-hybridized carbons (Fsp3) is 0.833. The van der Waals surface area contributed by atoms with E-state index in [0.717, 1.165) is 32.2 Å². The van der Waals surface area contributed by atoms with Crippen LogP contribution in [0.1, 0.15) is 38.5 Å². The van der Waals surface area contributed by atoms with Crippen molar-refractivity contribution in [2.45, 2.75) is 50.1 Å². The summed E-state index contributed by atoms with van der Waals surface area (Å²) in [5, 5.41) is 6.22. The zero-order valence-electron chi connectivity index (χ0n) is 10.00. The molecule has 0 unspecified atom stereocenters. The second-order valence-electron chi connectivity index (χ2n) is 5.40. The molecule has 1 spiro atoms. The Hall–Kier alpha value is -1.10. The summed E-state index contributed by atoms with van der Waals surface area (Å²) in [6.45, 7) is 1.23. The highest BCUT2D eigenvalue weighted by atomic mass is 16.2. The van der Waals surface area contributed by atoms with E-state index >= 15 is 0 Å². The molecule has 3 amide bonds. The predicted octanol–water partition coefficient (Wildman–Crippen LogP) is 0.603. The Balaban J connectivity index is 1.59. The van der Waals surface area contributed by atoms with Gasteiger partial charge in [-0.25, -0.2) is 4.79 Å². The van der Waals surface area contributed by atoms with Crippen LogP contribution in [0.3, 0.4) is 0 Å². The molecule has 0 radical (unpaired) electrons. The van der Waals surface area contributed by atoms with Crippen LogP contribution >= 0.6 is 0 Å². The van der Waals surface area contributed by atoms with Gasteiger partial charge in [0, 0.05) is 19.1 Å². The zero-order chi connectivity index (χ0) is 11.9. The van der Waals surface area contributed by atoms with Crippen molar-refractivity contribution in [3.05, 3.63) is 0 Å². The second kappa shape index (κ2) is 3.98. The van der Waals surface area contributed by atoms with E-state index < -0.39 is 5.54 Å². The average Bonchev–Trinajstić information content (AvgIpc) is 2.96. The van der Waals surface area contributed by atoms with Gasteiger partial charge >= 0.3 is 6.03 Å². The Bertz CT molecular complexity index is 346. The van der Waals surface area contributed by atoms with Crippen molar-refractivity contribution < 1.29 is 9.59 Å². The third-order valence-corrected chi connectivity index (χ3v) is 4.05. The largest absolute Gasteiger partial charge is 0.325 e. The summed E-state index contributed by atoms with van der Waals surface area (Å²) in [5.41, 5.74) is -0.545. The van der Waals surface area contributed by atoms with Gasteiger partial charge in [0.15, 0.2) is 0 Å². The van der Waals surface area contributed by atoms with Crippen LogP contribution in [0, 0.1) is 0 Å². The summed E-state index contributed by atoms with van der Waals surface area (Å²) >= 11 is 0. The minimum Gasteiger partial charge on any atom is -0.323 e. The number of urea groups is 1. The third kappa shape index (κ3) is 1.92.